The third-order valence-electron chi connectivity index (χ3n) is 3.90. The summed E-state index contributed by atoms with van der Waals surface area (Å²) >= 11 is 0. The van der Waals surface area contributed by atoms with Crippen molar-refractivity contribution >= 4 is 21.6 Å². The van der Waals surface area contributed by atoms with Crippen molar-refractivity contribution in [3.05, 3.63) is 59.7 Å². The van der Waals surface area contributed by atoms with Gasteiger partial charge in [0.25, 0.3) is 0 Å². The predicted molar refractivity (Wildman–Crippen MR) is 103 cm³/mol. The summed E-state index contributed by atoms with van der Waals surface area (Å²) in [4.78, 5) is 12.3. The van der Waals surface area contributed by atoms with Gasteiger partial charge in [0.15, 0.2) is 0 Å². The van der Waals surface area contributed by atoms with Gasteiger partial charge < -0.3 is 0 Å². The van der Waals surface area contributed by atoms with Crippen LogP contribution in [0.25, 0.3) is 0 Å². The average Bonchev–Trinajstić information content (AvgIpc) is 2.61. The van der Waals surface area contributed by atoms with Crippen molar-refractivity contribution in [3.8, 4) is 0 Å². The Labute approximate surface area is 155 Å². The number of amides is 1. The largest absolute Gasteiger partial charge is 0.286 e. The van der Waals surface area contributed by atoms with Crippen LogP contribution in [-0.4, -0.2) is 27.4 Å². The van der Waals surface area contributed by atoms with E-state index in [0.717, 1.165) is 16.8 Å². The number of rotatable bonds is 8. The molecular weight excluding hydrogens is 350 g/mol. The Kier molecular flexibility index (Phi) is 6.76. The molecule has 2 aromatic rings. The van der Waals surface area contributed by atoms with Gasteiger partial charge in [0.2, 0.25) is 15.9 Å². The molecule has 0 aliphatic carbocycles. The van der Waals surface area contributed by atoms with Gasteiger partial charge >= 0.3 is 0 Å². The summed E-state index contributed by atoms with van der Waals surface area (Å²) in [5, 5.41) is 1.73. The molecule has 0 spiro atoms. The summed E-state index contributed by atoms with van der Waals surface area (Å²) in [6.07, 6.45) is 0.0491. The van der Waals surface area contributed by atoms with Crippen LogP contribution >= 0.6 is 0 Å². The lowest BCUT2D eigenvalue weighted by Gasteiger charge is -2.24. The molecule has 0 aliphatic heterocycles. The van der Waals surface area contributed by atoms with E-state index in [0.29, 0.717) is 6.54 Å². The van der Waals surface area contributed by atoms with E-state index in [-0.39, 0.29) is 23.8 Å². The number of nitrogens with one attached hydrogen (secondary N) is 2. The maximum atomic E-state index is 12.2. The molecular formula is C19H25N3O3S. The molecule has 0 saturated carbocycles. The number of benzene rings is 2. The normalized spacial score (nSPS) is 11.2. The molecule has 0 fully saturated rings. The van der Waals surface area contributed by atoms with Crippen LogP contribution in [0.1, 0.15) is 24.5 Å². The third-order valence-corrected chi connectivity index (χ3v) is 5.37. The van der Waals surface area contributed by atoms with Crippen molar-refractivity contribution in [1.29, 1.82) is 0 Å². The number of hydrogen-bond donors (Lipinski definition) is 2. The molecule has 2 rings (SSSR count). The van der Waals surface area contributed by atoms with Gasteiger partial charge in [-0.2, -0.15) is 0 Å². The van der Waals surface area contributed by atoms with Crippen molar-refractivity contribution in [2.75, 3.05) is 18.1 Å². The second-order valence-corrected chi connectivity index (χ2v) is 7.84. The number of anilines is 1. The van der Waals surface area contributed by atoms with Crippen LogP contribution in [-0.2, 0) is 14.8 Å². The molecule has 2 N–H and O–H groups in total. The maximum absolute atomic E-state index is 12.2. The molecule has 0 saturated heterocycles. The zero-order chi connectivity index (χ0) is 19.2. The highest BCUT2D eigenvalue weighted by molar-refractivity contribution is 7.89. The number of hydrazine groups is 1. The van der Waals surface area contributed by atoms with Gasteiger partial charge in [-0.25, -0.2) is 13.1 Å². The number of nitrogens with zero attached hydrogens (tertiary/aromatic N) is 1. The fourth-order valence-corrected chi connectivity index (χ4v) is 3.39. The van der Waals surface area contributed by atoms with E-state index in [1.54, 1.807) is 29.3 Å². The summed E-state index contributed by atoms with van der Waals surface area (Å²) in [7, 11) is -3.61. The van der Waals surface area contributed by atoms with E-state index < -0.39 is 10.0 Å². The molecule has 0 aliphatic rings. The first-order valence-electron chi connectivity index (χ1n) is 8.52. The van der Waals surface area contributed by atoms with Crippen molar-refractivity contribution in [3.63, 3.8) is 0 Å². The van der Waals surface area contributed by atoms with Gasteiger partial charge in [0.1, 0.15) is 0 Å². The Morgan fingerprint density at radius 2 is 1.50 bits per heavy atom. The van der Waals surface area contributed by atoms with Crippen molar-refractivity contribution in [1.82, 2.24) is 10.1 Å². The Bertz CT molecular complexity index is 831. The zero-order valence-corrected chi connectivity index (χ0v) is 16.1. The molecule has 2 aromatic carbocycles. The van der Waals surface area contributed by atoms with Gasteiger partial charge in [-0.15, -0.1) is 0 Å². The van der Waals surface area contributed by atoms with Crippen LogP contribution < -0.4 is 15.2 Å². The van der Waals surface area contributed by atoms with Gasteiger partial charge in [-0.1, -0.05) is 35.4 Å². The lowest BCUT2D eigenvalue weighted by molar-refractivity contribution is -0.121. The number of carbonyl (C=O) groups excluding carboxylic acids is 1. The predicted octanol–water partition coefficient (Wildman–Crippen LogP) is 2.53. The summed E-state index contributed by atoms with van der Waals surface area (Å²) in [5.74, 6) is -0.251. The molecule has 26 heavy (non-hydrogen) atoms. The minimum absolute atomic E-state index is 0.0352. The van der Waals surface area contributed by atoms with Crippen LogP contribution in [0.4, 0.5) is 5.69 Å². The fraction of sp³-hybridized carbons (Fsp3) is 0.316. The minimum Gasteiger partial charge on any atom is -0.286 e. The van der Waals surface area contributed by atoms with Gasteiger partial charge in [-0.3, -0.25) is 15.2 Å². The lowest BCUT2D eigenvalue weighted by Crippen LogP contribution is -2.43. The fourth-order valence-electron chi connectivity index (χ4n) is 2.36. The molecule has 140 valence electrons. The van der Waals surface area contributed by atoms with Crippen LogP contribution in [0.5, 0.6) is 0 Å². The quantitative estimate of drug-likeness (QED) is 0.695. The monoisotopic (exact) mass is 375 g/mol. The molecule has 0 radical (unpaired) electrons. The topological polar surface area (TPSA) is 78.5 Å². The second kappa shape index (κ2) is 8.82. The summed E-state index contributed by atoms with van der Waals surface area (Å²) < 4.78 is 26.9. The van der Waals surface area contributed by atoms with E-state index in [1.807, 2.05) is 45.0 Å². The van der Waals surface area contributed by atoms with Gasteiger partial charge in [0, 0.05) is 19.5 Å². The van der Waals surface area contributed by atoms with Crippen LogP contribution in [0.2, 0.25) is 0 Å². The SMILES string of the molecule is CCN(NC(=O)CCNS(=O)(=O)c1ccc(C)cc1)c1ccc(C)cc1. The molecule has 0 unspecified atom stereocenters. The summed E-state index contributed by atoms with van der Waals surface area (Å²) in [5.41, 5.74) is 5.80. The first kappa shape index (κ1) is 19.9. The maximum Gasteiger partial charge on any atom is 0.240 e. The summed E-state index contributed by atoms with van der Waals surface area (Å²) in [6.45, 7) is 6.46. The van der Waals surface area contributed by atoms with Gasteiger partial charge in [-0.05, 0) is 45.0 Å². The Hall–Kier alpha value is -2.38. The average molecular weight is 375 g/mol. The standard InChI is InChI=1S/C19H25N3O3S/c1-4-22(17-9-5-15(2)6-10-17)21-19(23)13-14-20-26(24,25)18-11-7-16(3)8-12-18/h5-12,20H,4,13-14H2,1-3H3,(H,21,23). The molecule has 6 nitrogen and oxygen atoms in total. The Morgan fingerprint density at radius 1 is 0.962 bits per heavy atom. The molecule has 7 heteroatoms. The minimum atomic E-state index is -3.61. The molecule has 0 bridgehead atoms. The molecule has 0 heterocycles. The number of aryl methyl sites for hydroxylation is 2. The van der Waals surface area contributed by atoms with Gasteiger partial charge in [0.05, 0.1) is 10.6 Å². The van der Waals surface area contributed by atoms with Crippen LogP contribution in [0.3, 0.4) is 0 Å². The van der Waals surface area contributed by atoms with E-state index in [9.17, 15) is 13.2 Å². The van der Waals surface area contributed by atoms with E-state index >= 15 is 0 Å². The number of sulfonamides is 1. The van der Waals surface area contributed by atoms with Crippen molar-refractivity contribution in [2.45, 2.75) is 32.1 Å². The Balaban J connectivity index is 1.87. The van der Waals surface area contributed by atoms with Crippen molar-refractivity contribution < 1.29 is 13.2 Å². The first-order valence-corrected chi connectivity index (χ1v) is 10.00. The lowest BCUT2D eigenvalue weighted by atomic mass is 10.2. The van der Waals surface area contributed by atoms with E-state index in [2.05, 4.69) is 10.1 Å². The smallest absolute Gasteiger partial charge is 0.240 e. The molecule has 0 aromatic heterocycles. The molecule has 0 atom stereocenters. The van der Waals surface area contributed by atoms with E-state index in [4.69, 9.17) is 0 Å². The van der Waals surface area contributed by atoms with Crippen LogP contribution in [0, 0.1) is 13.8 Å². The number of carbonyl (C=O) groups is 1. The van der Waals surface area contributed by atoms with Crippen LogP contribution in [0.15, 0.2) is 53.4 Å². The first-order chi connectivity index (χ1) is 12.3. The molecule has 1 amide bonds. The zero-order valence-electron chi connectivity index (χ0n) is 15.3. The van der Waals surface area contributed by atoms with E-state index in [1.165, 1.54) is 0 Å². The highest BCUT2D eigenvalue weighted by Gasteiger charge is 2.14. The third kappa shape index (κ3) is 5.57. The summed E-state index contributed by atoms with van der Waals surface area (Å²) in [6, 6.07) is 14.4. The Morgan fingerprint density at radius 3 is 2.04 bits per heavy atom. The highest BCUT2D eigenvalue weighted by atomic mass is 32.2. The van der Waals surface area contributed by atoms with Crippen molar-refractivity contribution in [2.24, 2.45) is 0 Å². The second-order valence-electron chi connectivity index (χ2n) is 6.08. The number of hydrogen-bond acceptors (Lipinski definition) is 4. The highest BCUT2D eigenvalue weighted by Crippen LogP contribution is 2.13.